The van der Waals surface area contributed by atoms with E-state index in [9.17, 15) is 9.59 Å². The lowest BCUT2D eigenvalue weighted by molar-refractivity contribution is 0.0474. The van der Waals surface area contributed by atoms with Crippen LogP contribution in [-0.2, 0) is 4.74 Å². The first kappa shape index (κ1) is 17.4. The van der Waals surface area contributed by atoms with Gasteiger partial charge in [-0.25, -0.2) is 9.48 Å². The van der Waals surface area contributed by atoms with Crippen molar-refractivity contribution in [3.63, 3.8) is 0 Å². The number of carbonyl (C=O) groups excluding carboxylic acids is 2. The van der Waals surface area contributed by atoms with Crippen molar-refractivity contribution in [1.82, 2.24) is 9.78 Å². The fourth-order valence-corrected chi connectivity index (χ4v) is 2.51. The van der Waals surface area contributed by atoms with Gasteiger partial charge in [0.1, 0.15) is 11.3 Å². The monoisotopic (exact) mass is 350 g/mol. The number of ketones is 1. The Morgan fingerprint density at radius 3 is 2.38 bits per heavy atom. The first-order chi connectivity index (χ1) is 12.6. The minimum atomic E-state index is -0.577. The molecule has 132 valence electrons. The van der Waals surface area contributed by atoms with Crippen LogP contribution < -0.4 is 4.74 Å². The molecule has 1 aromatic heterocycles. The highest BCUT2D eigenvalue weighted by molar-refractivity contribution is 5.99. The van der Waals surface area contributed by atoms with E-state index in [0.717, 1.165) is 5.69 Å². The molecule has 0 fully saturated rings. The molecule has 0 saturated carbocycles. The highest BCUT2D eigenvalue weighted by Crippen LogP contribution is 2.15. The summed E-state index contributed by atoms with van der Waals surface area (Å²) in [5, 5.41) is 4.23. The summed E-state index contributed by atoms with van der Waals surface area (Å²) in [6.07, 6.45) is 1.45. The normalized spacial score (nSPS) is 10.4. The van der Waals surface area contributed by atoms with Crippen molar-refractivity contribution in [2.75, 3.05) is 13.7 Å². The molecule has 6 heteroatoms. The fraction of sp³-hybridized carbons (Fsp3) is 0.150. The highest BCUT2D eigenvalue weighted by Gasteiger charge is 2.18. The van der Waals surface area contributed by atoms with Crippen molar-refractivity contribution >= 4 is 11.8 Å². The van der Waals surface area contributed by atoms with Gasteiger partial charge in [0.05, 0.1) is 24.7 Å². The summed E-state index contributed by atoms with van der Waals surface area (Å²) in [6.45, 7) is 1.45. The molecule has 6 nitrogen and oxygen atoms in total. The fourth-order valence-electron chi connectivity index (χ4n) is 2.51. The lowest BCUT2D eigenvalue weighted by atomic mass is 10.1. The summed E-state index contributed by atoms with van der Waals surface area (Å²) < 4.78 is 11.9. The lowest BCUT2D eigenvalue weighted by Crippen LogP contribution is -2.15. The summed E-state index contributed by atoms with van der Waals surface area (Å²) in [6, 6.07) is 16.1. The number of Topliss-reactive ketones (excluding diaryl/α,β-unsaturated/α-hetero) is 1. The van der Waals surface area contributed by atoms with Crippen LogP contribution in [0, 0.1) is 6.92 Å². The molecule has 0 atom stereocenters. The minimum absolute atomic E-state index is 0.283. The number of rotatable bonds is 6. The average molecular weight is 350 g/mol. The molecule has 0 amide bonds. The number of nitrogens with zero attached hydrogens (tertiary/aromatic N) is 2. The zero-order chi connectivity index (χ0) is 18.5. The number of para-hydroxylation sites is 1. The molecule has 2 aromatic carbocycles. The van der Waals surface area contributed by atoms with Gasteiger partial charge in [0.15, 0.2) is 12.4 Å². The van der Waals surface area contributed by atoms with Gasteiger partial charge in [-0.15, -0.1) is 0 Å². The maximum absolute atomic E-state index is 12.3. The highest BCUT2D eigenvalue weighted by atomic mass is 16.5. The predicted molar refractivity (Wildman–Crippen MR) is 95.9 cm³/mol. The van der Waals surface area contributed by atoms with Gasteiger partial charge in [0.25, 0.3) is 0 Å². The van der Waals surface area contributed by atoms with Crippen LogP contribution in [0.5, 0.6) is 5.75 Å². The van der Waals surface area contributed by atoms with E-state index in [-0.39, 0.29) is 12.4 Å². The third kappa shape index (κ3) is 3.64. The van der Waals surface area contributed by atoms with Crippen LogP contribution in [0.1, 0.15) is 26.4 Å². The number of methoxy groups -OCH3 is 1. The van der Waals surface area contributed by atoms with E-state index in [2.05, 4.69) is 5.10 Å². The predicted octanol–water partition coefficient (Wildman–Crippen LogP) is 3.23. The molecule has 0 N–H and O–H groups in total. The summed E-state index contributed by atoms with van der Waals surface area (Å²) in [4.78, 5) is 24.5. The topological polar surface area (TPSA) is 70.4 Å². The van der Waals surface area contributed by atoms with Crippen molar-refractivity contribution in [1.29, 1.82) is 0 Å². The number of hydrogen-bond acceptors (Lipinski definition) is 5. The van der Waals surface area contributed by atoms with Gasteiger partial charge in [-0.05, 0) is 43.3 Å². The standard InChI is InChI=1S/C20H18N2O4/c1-14-18(12-21-22(14)16-6-4-3-5-7-16)20(24)26-13-19(23)15-8-10-17(25-2)11-9-15/h3-12H,13H2,1-2H3. The molecule has 1 heterocycles. The third-order valence-electron chi connectivity index (χ3n) is 3.98. The molecule has 0 bridgehead atoms. The lowest BCUT2D eigenvalue weighted by Gasteiger charge is -2.06. The van der Waals surface area contributed by atoms with E-state index in [1.165, 1.54) is 6.20 Å². The Morgan fingerprint density at radius 1 is 1.04 bits per heavy atom. The zero-order valence-electron chi connectivity index (χ0n) is 14.5. The molecule has 0 unspecified atom stereocenters. The summed E-state index contributed by atoms with van der Waals surface area (Å²) in [5.41, 5.74) is 2.28. The molecule has 0 aliphatic rings. The van der Waals surface area contributed by atoms with Crippen LogP contribution in [0.15, 0.2) is 60.8 Å². The van der Waals surface area contributed by atoms with Gasteiger partial charge in [-0.3, -0.25) is 4.79 Å². The number of ether oxygens (including phenoxy) is 2. The molecule has 0 saturated heterocycles. The number of benzene rings is 2. The van der Waals surface area contributed by atoms with E-state index >= 15 is 0 Å². The van der Waals surface area contributed by atoms with E-state index in [1.807, 2.05) is 30.3 Å². The molecule has 0 spiro atoms. The SMILES string of the molecule is COc1ccc(C(=O)COC(=O)c2cnn(-c3ccccc3)c2C)cc1. The third-order valence-corrected chi connectivity index (χ3v) is 3.98. The number of esters is 1. The number of carbonyl (C=O) groups is 2. The molecular weight excluding hydrogens is 332 g/mol. The molecule has 0 aliphatic carbocycles. The summed E-state index contributed by atoms with van der Waals surface area (Å²) >= 11 is 0. The van der Waals surface area contributed by atoms with Gasteiger partial charge in [-0.1, -0.05) is 18.2 Å². The van der Waals surface area contributed by atoms with Crippen molar-refractivity contribution in [2.45, 2.75) is 6.92 Å². The quantitative estimate of drug-likeness (QED) is 0.504. The van der Waals surface area contributed by atoms with Crippen LogP contribution in [0.3, 0.4) is 0 Å². The average Bonchev–Trinajstić information content (AvgIpc) is 3.08. The summed E-state index contributed by atoms with van der Waals surface area (Å²) in [5.74, 6) is -0.205. The van der Waals surface area contributed by atoms with Crippen molar-refractivity contribution in [3.8, 4) is 11.4 Å². The Labute approximate surface area is 151 Å². The second-order valence-electron chi connectivity index (χ2n) is 5.62. The van der Waals surface area contributed by atoms with E-state index in [0.29, 0.717) is 22.6 Å². The maximum Gasteiger partial charge on any atom is 0.342 e. The Hall–Kier alpha value is -3.41. The Balaban J connectivity index is 1.67. The van der Waals surface area contributed by atoms with E-state index in [1.54, 1.807) is 43.0 Å². The number of aromatic nitrogens is 2. The first-order valence-electron chi connectivity index (χ1n) is 8.04. The molecule has 3 aromatic rings. The van der Waals surface area contributed by atoms with E-state index < -0.39 is 5.97 Å². The summed E-state index contributed by atoms with van der Waals surface area (Å²) in [7, 11) is 1.55. The Morgan fingerprint density at radius 2 is 1.73 bits per heavy atom. The van der Waals surface area contributed by atoms with Crippen LogP contribution in [0.2, 0.25) is 0 Å². The largest absolute Gasteiger partial charge is 0.497 e. The molecule has 26 heavy (non-hydrogen) atoms. The second kappa shape index (κ2) is 7.65. The van der Waals surface area contributed by atoms with E-state index in [4.69, 9.17) is 9.47 Å². The minimum Gasteiger partial charge on any atom is -0.497 e. The second-order valence-corrected chi connectivity index (χ2v) is 5.62. The Kier molecular flexibility index (Phi) is 5.12. The van der Waals surface area contributed by atoms with Gasteiger partial charge in [0.2, 0.25) is 0 Å². The molecular formula is C20H18N2O4. The van der Waals surface area contributed by atoms with Gasteiger partial charge in [0, 0.05) is 5.56 Å². The number of hydrogen-bond donors (Lipinski definition) is 0. The molecule has 0 radical (unpaired) electrons. The van der Waals surface area contributed by atoms with Gasteiger partial charge >= 0.3 is 5.97 Å². The van der Waals surface area contributed by atoms with Crippen molar-refractivity contribution in [2.24, 2.45) is 0 Å². The Bertz CT molecular complexity index is 915. The smallest absolute Gasteiger partial charge is 0.342 e. The maximum atomic E-state index is 12.3. The van der Waals surface area contributed by atoms with Crippen LogP contribution in [0.25, 0.3) is 5.69 Å². The van der Waals surface area contributed by atoms with Crippen LogP contribution >= 0.6 is 0 Å². The van der Waals surface area contributed by atoms with Crippen LogP contribution in [0.4, 0.5) is 0 Å². The van der Waals surface area contributed by atoms with Crippen molar-refractivity contribution in [3.05, 3.63) is 77.6 Å². The first-order valence-corrected chi connectivity index (χ1v) is 8.04. The van der Waals surface area contributed by atoms with Gasteiger partial charge < -0.3 is 9.47 Å². The van der Waals surface area contributed by atoms with Gasteiger partial charge in [-0.2, -0.15) is 5.10 Å². The molecule has 3 rings (SSSR count). The van der Waals surface area contributed by atoms with Crippen molar-refractivity contribution < 1.29 is 19.1 Å². The van der Waals surface area contributed by atoms with Crippen LogP contribution in [-0.4, -0.2) is 35.2 Å². The molecule has 0 aliphatic heterocycles. The zero-order valence-corrected chi connectivity index (χ0v) is 14.5.